The lowest BCUT2D eigenvalue weighted by Crippen LogP contribution is -2.24. The van der Waals surface area contributed by atoms with Crippen molar-refractivity contribution in [3.8, 4) is 0 Å². The van der Waals surface area contributed by atoms with Crippen molar-refractivity contribution in [2.45, 2.75) is 19.3 Å². The number of hydrogen-bond acceptors (Lipinski definition) is 4. The molecule has 1 saturated carbocycles. The Morgan fingerprint density at radius 3 is 2.90 bits per heavy atom. The van der Waals surface area contributed by atoms with Gasteiger partial charge in [-0.3, -0.25) is 14.9 Å². The van der Waals surface area contributed by atoms with E-state index in [0.29, 0.717) is 13.0 Å². The molecule has 0 radical (unpaired) electrons. The molecule has 1 fully saturated rings. The van der Waals surface area contributed by atoms with Crippen LogP contribution < -0.4 is 5.32 Å². The molecule has 0 spiro atoms. The second-order valence-corrected chi connectivity index (χ2v) is 4.94. The molecule has 0 aromatic heterocycles. The van der Waals surface area contributed by atoms with Crippen LogP contribution in [-0.4, -0.2) is 22.5 Å². The Hall–Kier alpha value is -2.18. The summed E-state index contributed by atoms with van der Waals surface area (Å²) in [6, 6.07) is 3.18. The molecule has 108 valence electrons. The second-order valence-electron chi connectivity index (χ2n) is 4.94. The number of anilines is 1. The van der Waals surface area contributed by atoms with Gasteiger partial charge in [0.05, 0.1) is 10.8 Å². The molecule has 7 heteroatoms. The van der Waals surface area contributed by atoms with Gasteiger partial charge in [-0.15, -0.1) is 0 Å². The lowest BCUT2D eigenvalue weighted by molar-refractivity contribution is -0.384. The van der Waals surface area contributed by atoms with E-state index in [1.165, 1.54) is 0 Å². The normalized spacial score (nSPS) is 21.6. The molecule has 1 aromatic rings. The molecular weight excluding hydrogens is 267 g/mol. The Morgan fingerprint density at radius 2 is 2.25 bits per heavy atom. The number of rotatable bonds is 5. The number of aliphatic carboxylic acids is 1. The topological polar surface area (TPSA) is 92.5 Å². The zero-order valence-electron chi connectivity index (χ0n) is 10.7. The van der Waals surface area contributed by atoms with E-state index in [-0.39, 0.29) is 17.3 Å². The SMILES string of the molecule is O=C(O)C1CCCC1CNc1cc(F)ccc1[N+](=O)[O-]. The van der Waals surface area contributed by atoms with E-state index in [9.17, 15) is 19.3 Å². The third-order valence-electron chi connectivity index (χ3n) is 3.69. The van der Waals surface area contributed by atoms with Crippen LogP contribution in [0.15, 0.2) is 18.2 Å². The van der Waals surface area contributed by atoms with Gasteiger partial charge in [-0.25, -0.2) is 4.39 Å². The molecule has 20 heavy (non-hydrogen) atoms. The van der Waals surface area contributed by atoms with Crippen molar-refractivity contribution in [2.24, 2.45) is 11.8 Å². The minimum atomic E-state index is -0.844. The predicted octanol–water partition coefficient (Wildman–Crippen LogP) is 2.65. The average molecular weight is 282 g/mol. The van der Waals surface area contributed by atoms with Gasteiger partial charge in [0.15, 0.2) is 0 Å². The molecule has 2 unspecified atom stereocenters. The molecule has 2 rings (SSSR count). The number of carboxylic acid groups (broad SMARTS) is 1. The minimum Gasteiger partial charge on any atom is -0.481 e. The van der Waals surface area contributed by atoms with Crippen molar-refractivity contribution in [1.82, 2.24) is 0 Å². The quantitative estimate of drug-likeness (QED) is 0.639. The molecule has 0 bridgehead atoms. The number of hydrogen-bond donors (Lipinski definition) is 2. The van der Waals surface area contributed by atoms with Crippen molar-refractivity contribution >= 4 is 17.3 Å². The van der Waals surface area contributed by atoms with Gasteiger partial charge in [-0.05, 0) is 24.8 Å². The van der Waals surface area contributed by atoms with Gasteiger partial charge in [-0.1, -0.05) is 6.42 Å². The summed E-state index contributed by atoms with van der Waals surface area (Å²) in [5.74, 6) is -1.94. The standard InChI is InChI=1S/C13H15FN2O4/c14-9-4-5-12(16(19)20)11(6-9)15-7-8-2-1-3-10(8)13(17)18/h4-6,8,10,15H,1-3,7H2,(H,17,18). The molecule has 0 amide bonds. The molecule has 0 saturated heterocycles. The monoisotopic (exact) mass is 282 g/mol. The Labute approximate surface area is 114 Å². The van der Waals surface area contributed by atoms with Crippen LogP contribution in [0, 0.1) is 27.8 Å². The molecule has 1 aromatic carbocycles. The summed E-state index contributed by atoms with van der Waals surface area (Å²) in [4.78, 5) is 21.3. The number of carboxylic acids is 1. The van der Waals surface area contributed by atoms with Gasteiger partial charge in [0, 0.05) is 18.7 Å². The van der Waals surface area contributed by atoms with Gasteiger partial charge in [0.2, 0.25) is 0 Å². The highest BCUT2D eigenvalue weighted by Crippen LogP contribution is 2.33. The maximum absolute atomic E-state index is 13.2. The number of nitro benzene ring substituents is 1. The second kappa shape index (κ2) is 5.85. The van der Waals surface area contributed by atoms with Crippen LogP contribution in [-0.2, 0) is 4.79 Å². The van der Waals surface area contributed by atoms with Gasteiger partial charge in [0.25, 0.3) is 5.69 Å². The van der Waals surface area contributed by atoms with Gasteiger partial charge in [-0.2, -0.15) is 0 Å². The van der Waals surface area contributed by atoms with Crippen molar-refractivity contribution in [1.29, 1.82) is 0 Å². The Bertz CT molecular complexity index is 535. The highest BCUT2D eigenvalue weighted by atomic mass is 19.1. The predicted molar refractivity (Wildman–Crippen MR) is 70.0 cm³/mol. The van der Waals surface area contributed by atoms with Gasteiger partial charge >= 0.3 is 5.97 Å². The van der Waals surface area contributed by atoms with E-state index in [2.05, 4.69) is 5.32 Å². The molecular formula is C13H15FN2O4. The molecule has 1 aliphatic carbocycles. The number of halogens is 1. The summed E-state index contributed by atoms with van der Waals surface area (Å²) in [7, 11) is 0. The molecule has 2 atom stereocenters. The summed E-state index contributed by atoms with van der Waals surface area (Å²) in [5, 5.41) is 22.7. The summed E-state index contributed by atoms with van der Waals surface area (Å²) >= 11 is 0. The Kier molecular flexibility index (Phi) is 4.16. The van der Waals surface area contributed by atoms with Crippen molar-refractivity contribution in [3.05, 3.63) is 34.1 Å². The lowest BCUT2D eigenvalue weighted by Gasteiger charge is -2.17. The molecule has 0 heterocycles. The lowest BCUT2D eigenvalue weighted by atomic mass is 9.96. The fourth-order valence-electron chi connectivity index (χ4n) is 2.66. The average Bonchev–Trinajstić information content (AvgIpc) is 2.84. The number of carbonyl (C=O) groups is 1. The maximum atomic E-state index is 13.2. The van der Waals surface area contributed by atoms with Crippen molar-refractivity contribution in [3.63, 3.8) is 0 Å². The van der Waals surface area contributed by atoms with E-state index in [1.54, 1.807) is 0 Å². The van der Waals surface area contributed by atoms with Crippen LogP contribution in [0.25, 0.3) is 0 Å². The number of nitro groups is 1. The summed E-state index contributed by atoms with van der Waals surface area (Å²) < 4.78 is 13.2. The minimum absolute atomic E-state index is 0.0876. The van der Waals surface area contributed by atoms with Gasteiger partial charge < -0.3 is 10.4 Å². The van der Waals surface area contributed by atoms with Crippen molar-refractivity contribution < 1.29 is 19.2 Å². The third-order valence-corrected chi connectivity index (χ3v) is 3.69. The molecule has 6 nitrogen and oxygen atoms in total. The highest BCUT2D eigenvalue weighted by molar-refractivity contribution is 5.71. The first-order valence-corrected chi connectivity index (χ1v) is 6.39. The Balaban J connectivity index is 2.09. The first-order valence-electron chi connectivity index (χ1n) is 6.39. The summed E-state index contributed by atoms with van der Waals surface area (Å²) in [6.07, 6.45) is 2.20. The van der Waals surface area contributed by atoms with Crippen LogP contribution >= 0.6 is 0 Å². The first kappa shape index (κ1) is 14.2. The molecule has 1 aliphatic rings. The fourth-order valence-corrected chi connectivity index (χ4v) is 2.66. The van der Waals surface area contributed by atoms with Gasteiger partial charge in [0.1, 0.15) is 11.5 Å². The first-order chi connectivity index (χ1) is 9.49. The van der Waals surface area contributed by atoms with Crippen LogP contribution in [0.5, 0.6) is 0 Å². The van der Waals surface area contributed by atoms with Crippen LogP contribution in [0.2, 0.25) is 0 Å². The number of nitrogens with one attached hydrogen (secondary N) is 1. The highest BCUT2D eigenvalue weighted by Gasteiger charge is 2.32. The van der Waals surface area contributed by atoms with Crippen molar-refractivity contribution in [2.75, 3.05) is 11.9 Å². The summed E-state index contributed by atoms with van der Waals surface area (Å²) in [6.45, 7) is 0.293. The zero-order chi connectivity index (χ0) is 14.7. The molecule has 0 aliphatic heterocycles. The van der Waals surface area contributed by atoms with E-state index in [0.717, 1.165) is 31.0 Å². The van der Waals surface area contributed by atoms with E-state index in [4.69, 9.17) is 5.11 Å². The van der Waals surface area contributed by atoms with Crippen LogP contribution in [0.1, 0.15) is 19.3 Å². The van der Waals surface area contributed by atoms with E-state index in [1.807, 2.05) is 0 Å². The zero-order valence-corrected chi connectivity index (χ0v) is 10.7. The maximum Gasteiger partial charge on any atom is 0.306 e. The number of nitrogens with zero attached hydrogens (tertiary/aromatic N) is 1. The fraction of sp³-hybridized carbons (Fsp3) is 0.462. The van der Waals surface area contributed by atoms with E-state index >= 15 is 0 Å². The summed E-state index contributed by atoms with van der Waals surface area (Å²) in [5.41, 5.74) is -0.123. The Morgan fingerprint density at radius 1 is 1.50 bits per heavy atom. The molecule has 2 N–H and O–H groups in total. The third kappa shape index (κ3) is 3.04. The van der Waals surface area contributed by atoms with Crippen LogP contribution in [0.4, 0.5) is 15.8 Å². The number of benzene rings is 1. The van der Waals surface area contributed by atoms with E-state index < -0.39 is 22.6 Å². The smallest absolute Gasteiger partial charge is 0.306 e. The van der Waals surface area contributed by atoms with Crippen LogP contribution in [0.3, 0.4) is 0 Å². The largest absolute Gasteiger partial charge is 0.481 e.